The highest BCUT2D eigenvalue weighted by molar-refractivity contribution is 9.10. The van der Waals surface area contributed by atoms with E-state index in [-0.39, 0.29) is 10.7 Å². The Morgan fingerprint density at radius 3 is 2.47 bits per heavy atom. The summed E-state index contributed by atoms with van der Waals surface area (Å²) in [7, 11) is 0. The minimum atomic E-state index is -0.505. The first-order valence-electron chi connectivity index (χ1n) is 9.28. The van der Waals surface area contributed by atoms with Crippen LogP contribution in [0.5, 0.6) is 0 Å². The normalized spacial score (nSPS) is 15.6. The highest BCUT2D eigenvalue weighted by Crippen LogP contribution is 2.27. The van der Waals surface area contributed by atoms with Crippen LogP contribution in [0, 0.1) is 13.8 Å². The second kappa shape index (κ2) is 8.01. The zero-order chi connectivity index (χ0) is 21.4. The van der Waals surface area contributed by atoms with Crippen molar-refractivity contribution in [2.24, 2.45) is 0 Å². The molecule has 4 rings (SSSR count). The number of aromatic nitrogens is 1. The van der Waals surface area contributed by atoms with Gasteiger partial charge >= 0.3 is 0 Å². The number of nitrogens with one attached hydrogen (secondary N) is 1. The van der Waals surface area contributed by atoms with Gasteiger partial charge in [0.1, 0.15) is 5.57 Å². The monoisotopic (exact) mass is 479 g/mol. The molecule has 0 saturated carbocycles. The molecule has 3 aromatic rings. The topological polar surface area (TPSA) is 54.3 Å². The van der Waals surface area contributed by atoms with E-state index in [1.807, 2.05) is 79.2 Å². The minimum Gasteiger partial charge on any atom is -0.317 e. The van der Waals surface area contributed by atoms with Crippen molar-refractivity contribution in [2.75, 3.05) is 4.90 Å². The van der Waals surface area contributed by atoms with Crippen LogP contribution >= 0.6 is 28.1 Å². The van der Waals surface area contributed by atoms with E-state index in [9.17, 15) is 9.59 Å². The number of aryl methyl sites for hydroxylation is 1. The Morgan fingerprint density at radius 2 is 1.73 bits per heavy atom. The first-order chi connectivity index (χ1) is 14.4. The summed E-state index contributed by atoms with van der Waals surface area (Å²) < 4.78 is 2.88. The molecule has 0 atom stereocenters. The van der Waals surface area contributed by atoms with Crippen LogP contribution in [0.1, 0.15) is 16.8 Å². The number of carbonyl (C=O) groups is 2. The number of halogens is 1. The van der Waals surface area contributed by atoms with Crippen LogP contribution in [0.3, 0.4) is 0 Å². The fourth-order valence-corrected chi connectivity index (χ4v) is 3.89. The third kappa shape index (κ3) is 3.62. The van der Waals surface area contributed by atoms with Gasteiger partial charge in [-0.2, -0.15) is 0 Å². The van der Waals surface area contributed by atoms with Gasteiger partial charge in [0.05, 0.1) is 5.69 Å². The summed E-state index contributed by atoms with van der Waals surface area (Å²) in [4.78, 5) is 27.3. The molecule has 1 aliphatic rings. The van der Waals surface area contributed by atoms with E-state index in [0.29, 0.717) is 11.4 Å². The molecule has 0 spiro atoms. The molecule has 5 nitrogen and oxygen atoms in total. The second-order valence-corrected chi connectivity index (χ2v) is 8.26. The zero-order valence-electron chi connectivity index (χ0n) is 16.3. The van der Waals surface area contributed by atoms with Crippen LogP contribution in [-0.2, 0) is 9.59 Å². The van der Waals surface area contributed by atoms with E-state index in [1.165, 1.54) is 4.90 Å². The molecule has 7 heteroatoms. The standard InChI is InChI=1S/C23H18BrN3O2S/c1-14-5-3-7-20(15(14)2)27-22(29)19(21(28)25-23(27)30)13-18-6-4-12-26(18)17-10-8-16(24)9-11-17/h3-13H,1-2H3,(H,25,28,30)/b19-13-. The fourth-order valence-electron chi connectivity index (χ4n) is 3.35. The SMILES string of the molecule is Cc1cccc(N2C(=O)/C(=C\c3cccn3-c3ccc(Br)cc3)C(=O)NC2=S)c1C. The van der Waals surface area contributed by atoms with Gasteiger partial charge in [0.15, 0.2) is 5.11 Å². The van der Waals surface area contributed by atoms with Crippen LogP contribution < -0.4 is 10.2 Å². The third-order valence-corrected chi connectivity index (χ3v) is 5.91. The van der Waals surface area contributed by atoms with Gasteiger partial charge in [-0.25, -0.2) is 0 Å². The van der Waals surface area contributed by atoms with Crippen molar-refractivity contribution in [3.05, 3.63) is 87.7 Å². The molecular weight excluding hydrogens is 462 g/mol. The van der Waals surface area contributed by atoms with Crippen molar-refractivity contribution in [1.29, 1.82) is 0 Å². The molecule has 0 radical (unpaired) electrons. The van der Waals surface area contributed by atoms with Crippen LogP contribution in [0.4, 0.5) is 5.69 Å². The third-order valence-electron chi connectivity index (χ3n) is 5.10. The molecule has 1 N–H and O–H groups in total. The largest absolute Gasteiger partial charge is 0.317 e. The van der Waals surface area contributed by atoms with Gasteiger partial charge in [-0.3, -0.25) is 19.8 Å². The van der Waals surface area contributed by atoms with Crippen molar-refractivity contribution in [2.45, 2.75) is 13.8 Å². The van der Waals surface area contributed by atoms with E-state index in [4.69, 9.17) is 12.2 Å². The van der Waals surface area contributed by atoms with Gasteiger partial charge in [0.2, 0.25) is 0 Å². The predicted molar refractivity (Wildman–Crippen MR) is 126 cm³/mol. The van der Waals surface area contributed by atoms with Gasteiger partial charge in [-0.1, -0.05) is 28.1 Å². The molecule has 1 aromatic heterocycles. The highest BCUT2D eigenvalue weighted by Gasteiger charge is 2.35. The van der Waals surface area contributed by atoms with Gasteiger partial charge in [-0.15, -0.1) is 0 Å². The molecular formula is C23H18BrN3O2S. The summed E-state index contributed by atoms with van der Waals surface area (Å²) in [6.45, 7) is 3.90. The summed E-state index contributed by atoms with van der Waals surface area (Å²) in [6.07, 6.45) is 3.48. The van der Waals surface area contributed by atoms with Crippen LogP contribution in [0.15, 0.2) is 70.8 Å². The summed E-state index contributed by atoms with van der Waals surface area (Å²) in [5.74, 6) is -0.948. The molecule has 30 heavy (non-hydrogen) atoms. The molecule has 1 aliphatic heterocycles. The molecule has 0 aliphatic carbocycles. The molecule has 0 unspecified atom stereocenters. The number of amides is 2. The fraction of sp³-hybridized carbons (Fsp3) is 0.0870. The molecule has 1 fully saturated rings. The lowest BCUT2D eigenvalue weighted by Gasteiger charge is -2.30. The number of nitrogens with zero attached hydrogens (tertiary/aromatic N) is 2. The first kappa shape index (κ1) is 20.3. The van der Waals surface area contributed by atoms with Crippen molar-refractivity contribution >= 4 is 56.8 Å². The summed E-state index contributed by atoms with van der Waals surface area (Å²) >= 11 is 8.75. The average molecular weight is 480 g/mol. The van der Waals surface area contributed by atoms with Crippen LogP contribution in [0.25, 0.3) is 11.8 Å². The number of benzene rings is 2. The Hall–Kier alpha value is -3.03. The Bertz CT molecular complexity index is 1210. The minimum absolute atomic E-state index is 0.0292. The second-order valence-electron chi connectivity index (χ2n) is 6.96. The van der Waals surface area contributed by atoms with Crippen molar-refractivity contribution in [1.82, 2.24) is 9.88 Å². The summed E-state index contributed by atoms with van der Waals surface area (Å²) in [5.41, 5.74) is 4.29. The van der Waals surface area contributed by atoms with E-state index in [2.05, 4.69) is 21.2 Å². The van der Waals surface area contributed by atoms with Gasteiger partial charge in [0, 0.05) is 22.1 Å². The summed E-state index contributed by atoms with van der Waals surface area (Å²) in [6, 6.07) is 17.2. The molecule has 150 valence electrons. The van der Waals surface area contributed by atoms with Crippen molar-refractivity contribution in [3.63, 3.8) is 0 Å². The molecule has 2 amide bonds. The quantitative estimate of drug-likeness (QED) is 0.336. The lowest BCUT2D eigenvalue weighted by molar-refractivity contribution is -0.122. The van der Waals surface area contributed by atoms with Gasteiger partial charge < -0.3 is 4.57 Å². The maximum atomic E-state index is 13.3. The van der Waals surface area contributed by atoms with Crippen LogP contribution in [0.2, 0.25) is 0 Å². The Labute approximate surface area is 188 Å². The molecule has 2 aromatic carbocycles. The number of thiocarbonyl (C=S) groups is 1. The van der Waals surface area contributed by atoms with Gasteiger partial charge in [0.25, 0.3) is 11.8 Å². The molecule has 1 saturated heterocycles. The highest BCUT2D eigenvalue weighted by atomic mass is 79.9. The molecule has 0 bridgehead atoms. The van der Waals surface area contributed by atoms with E-state index in [1.54, 1.807) is 6.08 Å². The number of carbonyl (C=O) groups excluding carboxylic acids is 2. The van der Waals surface area contributed by atoms with E-state index >= 15 is 0 Å². The average Bonchev–Trinajstić information content (AvgIpc) is 3.17. The number of rotatable bonds is 3. The lowest BCUT2D eigenvalue weighted by atomic mass is 10.0. The zero-order valence-corrected chi connectivity index (χ0v) is 18.8. The van der Waals surface area contributed by atoms with E-state index in [0.717, 1.165) is 21.3 Å². The summed E-state index contributed by atoms with van der Waals surface area (Å²) in [5, 5.41) is 2.73. The lowest BCUT2D eigenvalue weighted by Crippen LogP contribution is -2.54. The first-order valence-corrected chi connectivity index (χ1v) is 10.5. The maximum Gasteiger partial charge on any atom is 0.270 e. The predicted octanol–water partition coefficient (Wildman–Crippen LogP) is 4.69. The van der Waals surface area contributed by atoms with Crippen molar-refractivity contribution in [3.8, 4) is 5.69 Å². The number of anilines is 1. The smallest absolute Gasteiger partial charge is 0.270 e. The van der Waals surface area contributed by atoms with Gasteiger partial charge in [-0.05, 0) is 85.7 Å². The number of hydrogen-bond donors (Lipinski definition) is 1. The number of hydrogen-bond acceptors (Lipinski definition) is 3. The van der Waals surface area contributed by atoms with Crippen LogP contribution in [-0.4, -0.2) is 21.5 Å². The van der Waals surface area contributed by atoms with Crippen molar-refractivity contribution < 1.29 is 9.59 Å². The Morgan fingerprint density at radius 1 is 1.00 bits per heavy atom. The Balaban J connectivity index is 1.77. The Kier molecular flexibility index (Phi) is 5.40. The molecule has 2 heterocycles. The maximum absolute atomic E-state index is 13.3. The van der Waals surface area contributed by atoms with E-state index < -0.39 is 11.8 Å².